The molecule has 148 valence electrons. The summed E-state index contributed by atoms with van der Waals surface area (Å²) in [6.07, 6.45) is 2.02. The van der Waals surface area contributed by atoms with Gasteiger partial charge in [0.05, 0.1) is 25.3 Å². The topological polar surface area (TPSA) is 71.5 Å². The smallest absolute Gasteiger partial charge is 0.326 e. The number of rotatable bonds is 5. The van der Waals surface area contributed by atoms with E-state index in [4.69, 9.17) is 16.3 Å². The van der Waals surface area contributed by atoms with E-state index >= 15 is 0 Å². The summed E-state index contributed by atoms with van der Waals surface area (Å²) in [5.41, 5.74) is 0.662. The zero-order valence-electron chi connectivity index (χ0n) is 16.2. The monoisotopic (exact) mass is 401 g/mol. The van der Waals surface area contributed by atoms with E-state index in [1.54, 1.807) is 19.2 Å². The molecule has 3 atom stereocenters. The van der Waals surface area contributed by atoms with Crippen molar-refractivity contribution in [3.8, 4) is 0 Å². The highest BCUT2D eigenvalue weighted by Crippen LogP contribution is 2.47. The first-order chi connectivity index (χ1) is 13.4. The standard InChI is InChI=1S/C21H24ClN3O3/c1-21(20(27)28-3)12-16(19(26)24-13-14-8-6-7-11-23-14)18(25(21)2)15-9-4-5-10-17(15)22/h4-11,16,18H,12-13H2,1-3H3,(H,24,26)/t16-,18-,21-/m0/s1. The van der Waals surface area contributed by atoms with Crippen LogP contribution in [-0.4, -0.2) is 41.5 Å². The number of halogens is 1. The third-order valence-electron chi connectivity index (χ3n) is 5.55. The molecule has 1 aliphatic heterocycles. The van der Waals surface area contributed by atoms with Gasteiger partial charge in [0.1, 0.15) is 5.54 Å². The lowest BCUT2D eigenvalue weighted by Crippen LogP contribution is -2.47. The zero-order valence-corrected chi connectivity index (χ0v) is 16.9. The molecule has 0 spiro atoms. The zero-order chi connectivity index (χ0) is 20.3. The van der Waals surface area contributed by atoms with E-state index in [9.17, 15) is 9.59 Å². The third kappa shape index (κ3) is 3.75. The van der Waals surface area contributed by atoms with Crippen LogP contribution in [0.3, 0.4) is 0 Å². The predicted octanol–water partition coefficient (Wildman–Crippen LogP) is 2.98. The van der Waals surface area contributed by atoms with Crippen LogP contribution in [0.15, 0.2) is 48.7 Å². The van der Waals surface area contributed by atoms with Gasteiger partial charge < -0.3 is 10.1 Å². The molecule has 0 bridgehead atoms. The molecule has 1 aromatic carbocycles. The van der Waals surface area contributed by atoms with Crippen molar-refractivity contribution in [2.45, 2.75) is 31.5 Å². The van der Waals surface area contributed by atoms with Crippen LogP contribution in [0, 0.1) is 5.92 Å². The fraction of sp³-hybridized carbons (Fsp3) is 0.381. The van der Waals surface area contributed by atoms with Gasteiger partial charge in [0.2, 0.25) is 5.91 Å². The SMILES string of the molecule is COC(=O)[C@]1(C)C[C@H](C(=O)NCc2ccccn2)[C@H](c2ccccc2Cl)N1C. The molecular formula is C21H24ClN3O3. The average Bonchev–Trinajstić information content (AvgIpc) is 2.99. The van der Waals surface area contributed by atoms with Gasteiger partial charge in [0, 0.05) is 17.3 Å². The summed E-state index contributed by atoms with van der Waals surface area (Å²) in [7, 11) is 3.19. The number of methoxy groups -OCH3 is 1. The Kier molecular flexibility index (Phi) is 6.01. The van der Waals surface area contributed by atoms with Crippen molar-refractivity contribution in [1.29, 1.82) is 0 Å². The van der Waals surface area contributed by atoms with E-state index in [-0.39, 0.29) is 17.9 Å². The lowest BCUT2D eigenvalue weighted by Gasteiger charge is -2.33. The summed E-state index contributed by atoms with van der Waals surface area (Å²) in [5.74, 6) is -0.972. The normalized spacial score (nSPS) is 24.7. The molecule has 0 aliphatic carbocycles. The van der Waals surface area contributed by atoms with Gasteiger partial charge in [0.25, 0.3) is 0 Å². The predicted molar refractivity (Wildman–Crippen MR) is 107 cm³/mol. The molecule has 0 radical (unpaired) electrons. The Morgan fingerprint density at radius 2 is 2.00 bits per heavy atom. The Morgan fingerprint density at radius 1 is 1.29 bits per heavy atom. The lowest BCUT2D eigenvalue weighted by molar-refractivity contribution is -0.152. The number of nitrogens with zero attached hydrogens (tertiary/aromatic N) is 2. The molecule has 28 heavy (non-hydrogen) atoms. The maximum absolute atomic E-state index is 13.1. The minimum atomic E-state index is -0.925. The maximum atomic E-state index is 13.1. The van der Waals surface area contributed by atoms with E-state index in [1.165, 1.54) is 7.11 Å². The number of aromatic nitrogens is 1. The summed E-state index contributed by atoms with van der Waals surface area (Å²) in [5, 5.41) is 3.52. The number of carbonyl (C=O) groups excluding carboxylic acids is 2. The fourth-order valence-electron chi connectivity index (χ4n) is 3.90. The molecule has 1 saturated heterocycles. The van der Waals surface area contributed by atoms with E-state index in [0.29, 0.717) is 18.0 Å². The second-order valence-electron chi connectivity index (χ2n) is 7.19. The van der Waals surface area contributed by atoms with Crippen LogP contribution < -0.4 is 5.32 Å². The summed E-state index contributed by atoms with van der Waals surface area (Å²) in [4.78, 5) is 31.7. The second kappa shape index (κ2) is 8.29. The molecule has 2 heterocycles. The average molecular weight is 402 g/mol. The van der Waals surface area contributed by atoms with Crippen LogP contribution in [0.2, 0.25) is 5.02 Å². The molecule has 1 N–H and O–H groups in total. The number of ether oxygens (including phenoxy) is 1. The molecule has 1 amide bonds. The third-order valence-corrected chi connectivity index (χ3v) is 5.89. The number of amides is 1. The van der Waals surface area contributed by atoms with Crippen molar-refractivity contribution in [2.75, 3.05) is 14.2 Å². The molecule has 3 rings (SSSR count). The molecule has 1 fully saturated rings. The molecule has 7 heteroatoms. The second-order valence-corrected chi connectivity index (χ2v) is 7.60. The van der Waals surface area contributed by atoms with Crippen molar-refractivity contribution < 1.29 is 14.3 Å². The van der Waals surface area contributed by atoms with Crippen molar-refractivity contribution >= 4 is 23.5 Å². The lowest BCUT2D eigenvalue weighted by atomic mass is 9.89. The van der Waals surface area contributed by atoms with Gasteiger partial charge in [0.15, 0.2) is 0 Å². The number of carbonyl (C=O) groups is 2. The first-order valence-corrected chi connectivity index (χ1v) is 9.49. The van der Waals surface area contributed by atoms with Crippen molar-refractivity contribution in [1.82, 2.24) is 15.2 Å². The van der Waals surface area contributed by atoms with Crippen molar-refractivity contribution in [3.63, 3.8) is 0 Å². The first kappa shape index (κ1) is 20.3. The highest BCUT2D eigenvalue weighted by Gasteiger charge is 2.55. The number of esters is 1. The van der Waals surface area contributed by atoms with Crippen LogP contribution in [0.1, 0.15) is 30.6 Å². The molecule has 1 aliphatic rings. The molecule has 6 nitrogen and oxygen atoms in total. The number of hydrogen-bond acceptors (Lipinski definition) is 5. The highest BCUT2D eigenvalue weighted by molar-refractivity contribution is 6.31. The van der Waals surface area contributed by atoms with Gasteiger partial charge in [-0.3, -0.25) is 19.5 Å². The minimum Gasteiger partial charge on any atom is -0.468 e. The van der Waals surface area contributed by atoms with E-state index in [1.807, 2.05) is 48.3 Å². The van der Waals surface area contributed by atoms with Crippen LogP contribution >= 0.6 is 11.6 Å². The summed E-state index contributed by atoms with van der Waals surface area (Å²) in [6.45, 7) is 2.12. The number of nitrogens with one attached hydrogen (secondary N) is 1. The Balaban J connectivity index is 1.90. The van der Waals surface area contributed by atoms with Gasteiger partial charge in [-0.05, 0) is 44.2 Å². The minimum absolute atomic E-state index is 0.143. The highest BCUT2D eigenvalue weighted by atomic mass is 35.5. The summed E-state index contributed by atoms with van der Waals surface area (Å²) in [6, 6.07) is 12.6. The van der Waals surface area contributed by atoms with Gasteiger partial charge in [-0.15, -0.1) is 0 Å². The Hall–Kier alpha value is -2.44. The Labute approximate surface area is 169 Å². The molecule has 0 saturated carbocycles. The van der Waals surface area contributed by atoms with E-state index in [0.717, 1.165) is 11.3 Å². The van der Waals surface area contributed by atoms with Crippen LogP contribution in [-0.2, 0) is 20.9 Å². The van der Waals surface area contributed by atoms with Gasteiger partial charge in [-0.2, -0.15) is 0 Å². The Morgan fingerprint density at radius 3 is 2.64 bits per heavy atom. The van der Waals surface area contributed by atoms with Crippen LogP contribution in [0.5, 0.6) is 0 Å². The number of hydrogen-bond donors (Lipinski definition) is 1. The number of likely N-dealkylation sites (N-methyl/N-ethyl adjacent to an activating group) is 1. The largest absolute Gasteiger partial charge is 0.468 e. The van der Waals surface area contributed by atoms with E-state index < -0.39 is 11.5 Å². The number of likely N-dealkylation sites (tertiary alicyclic amines) is 1. The van der Waals surface area contributed by atoms with Gasteiger partial charge in [-0.1, -0.05) is 35.9 Å². The fourth-order valence-corrected chi connectivity index (χ4v) is 4.14. The Bertz CT molecular complexity index is 861. The van der Waals surface area contributed by atoms with Crippen LogP contribution in [0.25, 0.3) is 0 Å². The quantitative estimate of drug-likeness (QED) is 0.780. The first-order valence-electron chi connectivity index (χ1n) is 9.12. The molecule has 0 unspecified atom stereocenters. The number of benzene rings is 1. The molecular weight excluding hydrogens is 378 g/mol. The maximum Gasteiger partial charge on any atom is 0.326 e. The molecule has 1 aromatic heterocycles. The summed E-state index contributed by atoms with van der Waals surface area (Å²) >= 11 is 6.43. The van der Waals surface area contributed by atoms with Crippen molar-refractivity contribution in [3.05, 3.63) is 64.9 Å². The van der Waals surface area contributed by atoms with Gasteiger partial charge >= 0.3 is 5.97 Å². The number of pyridine rings is 1. The van der Waals surface area contributed by atoms with Crippen LogP contribution in [0.4, 0.5) is 0 Å². The molecule has 2 aromatic rings. The van der Waals surface area contributed by atoms with Gasteiger partial charge in [-0.25, -0.2) is 0 Å². The van der Waals surface area contributed by atoms with Crippen molar-refractivity contribution in [2.24, 2.45) is 5.92 Å². The van der Waals surface area contributed by atoms with E-state index in [2.05, 4.69) is 10.3 Å². The summed E-state index contributed by atoms with van der Waals surface area (Å²) < 4.78 is 5.02.